The van der Waals surface area contributed by atoms with Gasteiger partial charge in [0.15, 0.2) is 0 Å². The van der Waals surface area contributed by atoms with Gasteiger partial charge in [0, 0.05) is 57.8 Å². The fourth-order valence-corrected chi connectivity index (χ4v) is 5.17. The second-order valence-electron chi connectivity index (χ2n) is 11.5. The number of nitrogens with one attached hydrogen (secondary N) is 3. The van der Waals surface area contributed by atoms with Crippen molar-refractivity contribution in [2.45, 2.75) is 58.1 Å². The highest BCUT2D eigenvalue weighted by atomic mass is 19.1. The number of carbonyl (C=O) groups excluding carboxylic acids is 4. The minimum Gasteiger partial charge on any atom is -0.443 e. The Morgan fingerprint density at radius 2 is 1.74 bits per heavy atom. The van der Waals surface area contributed by atoms with Crippen LogP contribution in [0.5, 0.6) is 0 Å². The number of imide groups is 1. The SMILES string of the molecule is CC(C)(C)OC(=O)NN1CCC(CN2CCN(c3ccc(C(=O)NC4CCC(=O)NC4=O)cc3F)CC2)CC1. The molecule has 0 aromatic heterocycles. The molecule has 4 amide bonds. The molecule has 0 aliphatic carbocycles. The number of piperidine rings is 2. The first-order valence-corrected chi connectivity index (χ1v) is 13.6. The minimum atomic E-state index is -0.806. The predicted octanol–water partition coefficient (Wildman–Crippen LogP) is 1.63. The molecule has 39 heavy (non-hydrogen) atoms. The van der Waals surface area contributed by atoms with Crippen LogP contribution in [0.3, 0.4) is 0 Å². The first-order valence-electron chi connectivity index (χ1n) is 13.6. The number of ether oxygens (including phenoxy) is 1. The van der Waals surface area contributed by atoms with Gasteiger partial charge in [-0.25, -0.2) is 14.2 Å². The van der Waals surface area contributed by atoms with Crippen molar-refractivity contribution in [3.05, 3.63) is 29.6 Å². The van der Waals surface area contributed by atoms with Crippen LogP contribution < -0.4 is 21.0 Å². The summed E-state index contributed by atoms with van der Waals surface area (Å²) in [6.45, 7) is 11.0. The van der Waals surface area contributed by atoms with Crippen molar-refractivity contribution < 1.29 is 28.3 Å². The van der Waals surface area contributed by atoms with Gasteiger partial charge in [-0.05, 0) is 64.2 Å². The van der Waals surface area contributed by atoms with Crippen LogP contribution in [0.2, 0.25) is 0 Å². The molecule has 0 saturated carbocycles. The third kappa shape index (κ3) is 8.12. The van der Waals surface area contributed by atoms with Gasteiger partial charge in [-0.1, -0.05) is 0 Å². The first-order chi connectivity index (χ1) is 18.5. The molecule has 1 unspecified atom stereocenters. The highest BCUT2D eigenvalue weighted by Crippen LogP contribution is 2.24. The van der Waals surface area contributed by atoms with Gasteiger partial charge >= 0.3 is 6.09 Å². The average Bonchev–Trinajstić information content (AvgIpc) is 2.86. The van der Waals surface area contributed by atoms with Crippen molar-refractivity contribution in [3.63, 3.8) is 0 Å². The number of amides is 4. The van der Waals surface area contributed by atoms with Crippen molar-refractivity contribution >= 4 is 29.5 Å². The molecule has 3 N–H and O–H groups in total. The van der Waals surface area contributed by atoms with E-state index in [9.17, 15) is 23.6 Å². The van der Waals surface area contributed by atoms with Crippen LogP contribution in [0.15, 0.2) is 18.2 Å². The van der Waals surface area contributed by atoms with Gasteiger partial charge in [0.25, 0.3) is 5.91 Å². The highest BCUT2D eigenvalue weighted by Gasteiger charge is 2.29. The molecule has 3 fully saturated rings. The molecule has 0 bridgehead atoms. The Balaban J connectivity index is 1.20. The maximum absolute atomic E-state index is 15.0. The molecule has 3 aliphatic rings. The Bertz CT molecular complexity index is 1080. The largest absolute Gasteiger partial charge is 0.443 e. The van der Waals surface area contributed by atoms with Crippen LogP contribution in [0.25, 0.3) is 0 Å². The zero-order valence-electron chi connectivity index (χ0n) is 22.9. The van der Waals surface area contributed by atoms with Gasteiger partial charge in [0.2, 0.25) is 11.8 Å². The molecule has 3 heterocycles. The monoisotopic (exact) mass is 546 g/mol. The average molecular weight is 547 g/mol. The molecule has 4 rings (SSSR count). The third-order valence-corrected chi connectivity index (χ3v) is 7.25. The zero-order chi connectivity index (χ0) is 28.2. The van der Waals surface area contributed by atoms with Crippen LogP contribution in [-0.4, -0.2) is 91.2 Å². The number of anilines is 1. The molecule has 3 saturated heterocycles. The van der Waals surface area contributed by atoms with E-state index in [1.165, 1.54) is 6.07 Å². The summed E-state index contributed by atoms with van der Waals surface area (Å²) in [4.78, 5) is 52.1. The second kappa shape index (κ2) is 12.3. The van der Waals surface area contributed by atoms with E-state index < -0.39 is 35.4 Å². The number of carbonyl (C=O) groups is 4. The van der Waals surface area contributed by atoms with Crippen molar-refractivity contribution in [1.29, 1.82) is 0 Å². The van der Waals surface area contributed by atoms with Gasteiger partial charge in [-0.15, -0.1) is 0 Å². The number of hydrogen-bond donors (Lipinski definition) is 3. The summed E-state index contributed by atoms with van der Waals surface area (Å²) in [7, 11) is 0. The summed E-state index contributed by atoms with van der Waals surface area (Å²) >= 11 is 0. The molecular formula is C27H39FN6O5. The van der Waals surface area contributed by atoms with Gasteiger partial charge < -0.3 is 15.0 Å². The lowest BCUT2D eigenvalue weighted by Gasteiger charge is -2.39. The Morgan fingerprint density at radius 1 is 1.05 bits per heavy atom. The van der Waals surface area contributed by atoms with Crippen LogP contribution in [0.1, 0.15) is 56.8 Å². The highest BCUT2D eigenvalue weighted by molar-refractivity contribution is 6.03. The standard InChI is InChI=1S/C27H39FN6O5/c1-27(2,3)39-26(38)31-34-10-8-18(9-11-34)17-32-12-14-33(15-13-32)22-6-4-19(16-20(22)28)24(36)29-21-5-7-23(35)30-25(21)37/h4,6,16,18,21H,5,7-15,17H2,1-3H3,(H,29,36)(H,31,38)(H,30,35,37). The van der Waals surface area contributed by atoms with Gasteiger partial charge in [0.1, 0.15) is 17.5 Å². The van der Waals surface area contributed by atoms with Crippen LogP contribution >= 0.6 is 0 Å². The minimum absolute atomic E-state index is 0.132. The second-order valence-corrected chi connectivity index (χ2v) is 11.5. The fraction of sp³-hybridized carbons (Fsp3) is 0.630. The normalized spacial score (nSPS) is 21.8. The number of benzene rings is 1. The Hall–Kier alpha value is -3.25. The van der Waals surface area contributed by atoms with Crippen molar-refractivity contribution in [2.24, 2.45) is 5.92 Å². The van der Waals surface area contributed by atoms with Gasteiger partial charge in [-0.2, -0.15) is 0 Å². The van der Waals surface area contributed by atoms with Gasteiger partial charge in [-0.3, -0.25) is 30.0 Å². The van der Waals surface area contributed by atoms with Crippen LogP contribution in [0, 0.1) is 11.7 Å². The Kier molecular flexibility index (Phi) is 9.06. The summed E-state index contributed by atoms with van der Waals surface area (Å²) in [6.07, 6.45) is 1.91. The van der Waals surface area contributed by atoms with E-state index in [0.29, 0.717) is 24.7 Å². The van der Waals surface area contributed by atoms with Crippen molar-refractivity contribution in [3.8, 4) is 0 Å². The molecule has 1 aromatic carbocycles. The van der Waals surface area contributed by atoms with E-state index in [-0.39, 0.29) is 24.3 Å². The van der Waals surface area contributed by atoms with E-state index >= 15 is 0 Å². The third-order valence-electron chi connectivity index (χ3n) is 7.25. The number of rotatable bonds is 6. The summed E-state index contributed by atoms with van der Waals surface area (Å²) in [5.41, 5.74) is 2.88. The summed E-state index contributed by atoms with van der Waals surface area (Å²) < 4.78 is 20.3. The quantitative estimate of drug-likeness (QED) is 0.460. The molecule has 12 heteroatoms. The number of nitrogens with zero attached hydrogens (tertiary/aromatic N) is 3. The van der Waals surface area contributed by atoms with E-state index in [1.807, 2.05) is 30.7 Å². The van der Waals surface area contributed by atoms with E-state index in [1.54, 1.807) is 12.1 Å². The number of halogens is 1. The van der Waals surface area contributed by atoms with E-state index in [0.717, 1.165) is 45.6 Å². The predicted molar refractivity (Wildman–Crippen MR) is 142 cm³/mol. The summed E-state index contributed by atoms with van der Waals surface area (Å²) in [5, 5.41) is 6.69. The summed E-state index contributed by atoms with van der Waals surface area (Å²) in [5.74, 6) is -1.40. The molecule has 0 spiro atoms. The topological polar surface area (TPSA) is 123 Å². The molecular weight excluding hydrogens is 507 g/mol. The fourth-order valence-electron chi connectivity index (χ4n) is 5.17. The number of piperazine rings is 1. The molecule has 0 radical (unpaired) electrons. The van der Waals surface area contributed by atoms with Crippen molar-refractivity contribution in [1.82, 2.24) is 26.0 Å². The molecule has 1 atom stereocenters. The maximum atomic E-state index is 15.0. The van der Waals surface area contributed by atoms with Crippen LogP contribution in [-0.2, 0) is 14.3 Å². The van der Waals surface area contributed by atoms with E-state index in [4.69, 9.17) is 4.74 Å². The molecule has 1 aromatic rings. The molecule has 214 valence electrons. The Labute approximate surface area is 228 Å². The van der Waals surface area contributed by atoms with Gasteiger partial charge in [0.05, 0.1) is 5.69 Å². The number of hydrazine groups is 1. The smallest absolute Gasteiger partial charge is 0.422 e. The molecule has 3 aliphatic heterocycles. The van der Waals surface area contributed by atoms with E-state index in [2.05, 4.69) is 21.0 Å². The van der Waals surface area contributed by atoms with Crippen LogP contribution in [0.4, 0.5) is 14.9 Å². The number of hydrogen-bond acceptors (Lipinski definition) is 8. The lowest BCUT2D eigenvalue weighted by Crippen LogP contribution is -2.52. The summed E-state index contributed by atoms with van der Waals surface area (Å²) in [6, 6.07) is 3.56. The Morgan fingerprint density at radius 3 is 2.36 bits per heavy atom. The first kappa shape index (κ1) is 28.8. The lowest BCUT2D eigenvalue weighted by atomic mass is 9.97. The zero-order valence-corrected chi connectivity index (χ0v) is 22.9. The molecule has 11 nitrogen and oxygen atoms in total. The lowest BCUT2D eigenvalue weighted by molar-refractivity contribution is -0.134. The maximum Gasteiger partial charge on any atom is 0.422 e. The van der Waals surface area contributed by atoms with Crippen molar-refractivity contribution in [2.75, 3.05) is 50.7 Å².